The molecule has 4 heteroatoms. The summed E-state index contributed by atoms with van der Waals surface area (Å²) in [6, 6.07) is 7.33. The summed E-state index contributed by atoms with van der Waals surface area (Å²) in [5, 5.41) is 0. The summed E-state index contributed by atoms with van der Waals surface area (Å²) >= 11 is 3.32. The predicted molar refractivity (Wildman–Crippen MR) is 57.2 cm³/mol. The number of ether oxygens (including phenoxy) is 1. The number of hydrogen-bond donors (Lipinski definition) is 0. The second-order valence-corrected chi connectivity index (χ2v) is 4.69. The van der Waals surface area contributed by atoms with Crippen LogP contribution in [0.4, 0.5) is 0 Å². The summed E-state index contributed by atoms with van der Waals surface area (Å²) in [5.74, 6) is -0.916. The van der Waals surface area contributed by atoms with Crippen molar-refractivity contribution in [1.29, 1.82) is 0 Å². The molecule has 3 nitrogen and oxygen atoms in total. The molecule has 1 atom stereocenters. The van der Waals surface area contributed by atoms with Crippen LogP contribution in [-0.4, -0.2) is 11.9 Å². The summed E-state index contributed by atoms with van der Waals surface area (Å²) in [6.07, 6.45) is 0.119. The molecule has 0 N–H and O–H groups in total. The van der Waals surface area contributed by atoms with Crippen LogP contribution in [0, 0.1) is 0 Å². The maximum absolute atomic E-state index is 11.5. The van der Waals surface area contributed by atoms with Crippen LogP contribution >= 0.6 is 15.9 Å². The van der Waals surface area contributed by atoms with Crippen molar-refractivity contribution in [3.05, 3.63) is 34.3 Å². The van der Waals surface area contributed by atoms with Gasteiger partial charge in [-0.3, -0.25) is 9.59 Å². The van der Waals surface area contributed by atoms with Gasteiger partial charge in [-0.05, 0) is 24.6 Å². The van der Waals surface area contributed by atoms with Crippen molar-refractivity contribution in [3.8, 4) is 0 Å². The second-order valence-electron chi connectivity index (χ2n) is 3.78. The van der Waals surface area contributed by atoms with E-state index in [1.807, 2.05) is 24.3 Å². The molecule has 0 aliphatic carbocycles. The minimum Gasteiger partial charge on any atom is -0.392 e. The summed E-state index contributed by atoms with van der Waals surface area (Å²) < 4.78 is 5.51. The Balaban J connectivity index is 2.41. The highest BCUT2D eigenvalue weighted by Crippen LogP contribution is 2.34. The molecule has 1 aliphatic rings. The molecule has 1 fully saturated rings. The molecule has 1 aromatic rings. The van der Waals surface area contributed by atoms with E-state index in [1.54, 1.807) is 6.92 Å². The molecule has 1 saturated heterocycles. The van der Waals surface area contributed by atoms with Gasteiger partial charge in [-0.25, -0.2) is 0 Å². The number of halogens is 1. The Hall–Kier alpha value is -1.16. The Labute approximate surface area is 95.6 Å². The minimum atomic E-state index is -0.822. The molecule has 15 heavy (non-hydrogen) atoms. The molecule has 0 aromatic heterocycles. The van der Waals surface area contributed by atoms with Crippen LogP contribution < -0.4 is 0 Å². The zero-order valence-corrected chi connectivity index (χ0v) is 9.71. The first-order valence-electron chi connectivity index (χ1n) is 4.53. The van der Waals surface area contributed by atoms with E-state index in [0.29, 0.717) is 0 Å². The highest BCUT2D eigenvalue weighted by molar-refractivity contribution is 9.10. The molecule has 0 radical (unpaired) electrons. The van der Waals surface area contributed by atoms with Crippen LogP contribution in [0.1, 0.15) is 18.9 Å². The SMILES string of the molecule is CC1(c2ccc(Br)cc2)CC(=O)OC1=O. The van der Waals surface area contributed by atoms with Gasteiger partial charge >= 0.3 is 11.9 Å². The van der Waals surface area contributed by atoms with Gasteiger partial charge in [0, 0.05) is 4.47 Å². The molecule has 78 valence electrons. The molecular weight excluding hydrogens is 260 g/mol. The zero-order valence-electron chi connectivity index (χ0n) is 8.12. The number of rotatable bonds is 1. The molecule has 1 unspecified atom stereocenters. The standard InChI is InChI=1S/C11H9BrO3/c1-11(6-9(13)15-10(11)14)7-2-4-8(12)5-3-7/h2-5H,6H2,1H3. The lowest BCUT2D eigenvalue weighted by Crippen LogP contribution is -2.27. The monoisotopic (exact) mass is 268 g/mol. The van der Waals surface area contributed by atoms with E-state index in [9.17, 15) is 9.59 Å². The molecule has 1 aliphatic heterocycles. The lowest BCUT2D eigenvalue weighted by atomic mass is 9.81. The molecule has 0 saturated carbocycles. The zero-order chi connectivity index (χ0) is 11.1. The molecule has 1 aromatic carbocycles. The normalized spacial score (nSPS) is 25.5. The van der Waals surface area contributed by atoms with Gasteiger partial charge in [0.05, 0.1) is 6.42 Å². The van der Waals surface area contributed by atoms with Crippen molar-refractivity contribution in [2.24, 2.45) is 0 Å². The Morgan fingerprint density at radius 1 is 1.27 bits per heavy atom. The third kappa shape index (κ3) is 1.69. The number of hydrogen-bond acceptors (Lipinski definition) is 3. The van der Waals surface area contributed by atoms with E-state index in [0.717, 1.165) is 10.0 Å². The third-order valence-electron chi connectivity index (χ3n) is 2.64. The van der Waals surface area contributed by atoms with Gasteiger partial charge < -0.3 is 4.74 Å². The van der Waals surface area contributed by atoms with Gasteiger partial charge in [0.1, 0.15) is 5.41 Å². The average molecular weight is 269 g/mol. The van der Waals surface area contributed by atoms with Gasteiger partial charge in [0.15, 0.2) is 0 Å². The molecule has 1 heterocycles. The van der Waals surface area contributed by atoms with E-state index in [1.165, 1.54) is 0 Å². The van der Waals surface area contributed by atoms with Crippen LogP contribution in [0.15, 0.2) is 28.7 Å². The summed E-state index contributed by atoms with van der Waals surface area (Å²) in [4.78, 5) is 22.6. The Bertz CT molecular complexity index is 424. The Morgan fingerprint density at radius 3 is 2.33 bits per heavy atom. The van der Waals surface area contributed by atoms with Crippen LogP contribution in [0.5, 0.6) is 0 Å². The highest BCUT2D eigenvalue weighted by atomic mass is 79.9. The van der Waals surface area contributed by atoms with Crippen molar-refractivity contribution < 1.29 is 14.3 Å². The van der Waals surface area contributed by atoms with E-state index < -0.39 is 17.4 Å². The molecular formula is C11H9BrO3. The predicted octanol–water partition coefficient (Wildman–Crippen LogP) is 2.18. The molecule has 0 spiro atoms. The van der Waals surface area contributed by atoms with Crippen LogP contribution in [0.3, 0.4) is 0 Å². The topological polar surface area (TPSA) is 43.4 Å². The van der Waals surface area contributed by atoms with Crippen LogP contribution in [0.2, 0.25) is 0 Å². The van der Waals surface area contributed by atoms with Gasteiger partial charge in [-0.1, -0.05) is 28.1 Å². The minimum absolute atomic E-state index is 0.119. The van der Waals surface area contributed by atoms with Crippen molar-refractivity contribution in [1.82, 2.24) is 0 Å². The summed E-state index contributed by atoms with van der Waals surface area (Å²) in [7, 11) is 0. The van der Waals surface area contributed by atoms with E-state index >= 15 is 0 Å². The first-order valence-corrected chi connectivity index (χ1v) is 5.33. The fourth-order valence-corrected chi connectivity index (χ4v) is 1.91. The lowest BCUT2D eigenvalue weighted by molar-refractivity contribution is -0.153. The van der Waals surface area contributed by atoms with Gasteiger partial charge in [-0.15, -0.1) is 0 Å². The summed E-state index contributed by atoms with van der Waals surface area (Å²) in [6.45, 7) is 1.73. The number of carbonyl (C=O) groups excluding carboxylic acids is 2. The van der Waals surface area contributed by atoms with Crippen LogP contribution in [0.25, 0.3) is 0 Å². The van der Waals surface area contributed by atoms with Gasteiger partial charge in [-0.2, -0.15) is 0 Å². The first-order chi connectivity index (χ1) is 7.02. The first kappa shape index (κ1) is 10.4. The fraction of sp³-hybridized carbons (Fsp3) is 0.273. The van der Waals surface area contributed by atoms with Crippen molar-refractivity contribution >= 4 is 27.9 Å². The Kier molecular flexibility index (Phi) is 2.38. The van der Waals surface area contributed by atoms with E-state index in [4.69, 9.17) is 0 Å². The smallest absolute Gasteiger partial charge is 0.324 e. The van der Waals surface area contributed by atoms with E-state index in [2.05, 4.69) is 20.7 Å². The van der Waals surface area contributed by atoms with E-state index in [-0.39, 0.29) is 6.42 Å². The lowest BCUT2D eigenvalue weighted by Gasteiger charge is -2.17. The Morgan fingerprint density at radius 2 is 1.87 bits per heavy atom. The van der Waals surface area contributed by atoms with Gasteiger partial charge in [0.25, 0.3) is 0 Å². The maximum Gasteiger partial charge on any atom is 0.324 e. The quantitative estimate of drug-likeness (QED) is 0.579. The fourth-order valence-electron chi connectivity index (χ4n) is 1.65. The van der Waals surface area contributed by atoms with Crippen LogP contribution in [-0.2, 0) is 19.7 Å². The maximum atomic E-state index is 11.5. The number of cyclic esters (lactones) is 2. The largest absolute Gasteiger partial charge is 0.392 e. The number of carbonyl (C=O) groups is 2. The van der Waals surface area contributed by atoms with Gasteiger partial charge in [0.2, 0.25) is 0 Å². The molecule has 0 bridgehead atoms. The molecule has 2 rings (SSSR count). The third-order valence-corrected chi connectivity index (χ3v) is 3.16. The van der Waals surface area contributed by atoms with Crippen molar-refractivity contribution in [2.45, 2.75) is 18.8 Å². The number of esters is 2. The highest BCUT2D eigenvalue weighted by Gasteiger charge is 2.46. The number of benzene rings is 1. The molecule has 0 amide bonds. The average Bonchev–Trinajstić information content (AvgIpc) is 2.42. The second kappa shape index (κ2) is 3.45. The van der Waals surface area contributed by atoms with Crippen molar-refractivity contribution in [2.75, 3.05) is 0 Å². The summed E-state index contributed by atoms with van der Waals surface area (Å²) in [5.41, 5.74) is -0.0147. The van der Waals surface area contributed by atoms with Crippen molar-refractivity contribution in [3.63, 3.8) is 0 Å².